The van der Waals surface area contributed by atoms with Gasteiger partial charge in [-0.3, -0.25) is 9.59 Å². The molecule has 34 heavy (non-hydrogen) atoms. The molecule has 2 fully saturated rings. The van der Waals surface area contributed by atoms with E-state index in [4.69, 9.17) is 16.3 Å². The molecule has 0 aromatic heterocycles. The number of hydrogen-bond donors (Lipinski definition) is 3. The van der Waals surface area contributed by atoms with Crippen LogP contribution in [0.15, 0.2) is 48.5 Å². The van der Waals surface area contributed by atoms with E-state index >= 15 is 0 Å². The number of likely N-dealkylation sites (tertiary alicyclic amines) is 1. The number of morpholine rings is 1. The Labute approximate surface area is 204 Å². The lowest BCUT2D eigenvalue weighted by molar-refractivity contribution is -0.153. The third-order valence-corrected chi connectivity index (χ3v) is 6.60. The number of aliphatic hydroxyl groups is 2. The molecule has 1 unspecified atom stereocenters. The minimum atomic E-state index is -1.86. The van der Waals surface area contributed by atoms with Crippen LogP contribution in [0.5, 0.6) is 0 Å². The molecule has 2 aromatic rings. The molecule has 2 aliphatic rings. The van der Waals surface area contributed by atoms with Crippen molar-refractivity contribution in [1.82, 2.24) is 10.2 Å². The summed E-state index contributed by atoms with van der Waals surface area (Å²) in [5.74, 6) is -1.46. The molecule has 0 aliphatic carbocycles. The molecule has 3 atom stereocenters. The highest BCUT2D eigenvalue weighted by Crippen LogP contribution is 2.33. The summed E-state index contributed by atoms with van der Waals surface area (Å²) in [5.41, 5.74) is 2.79. The molecule has 182 valence electrons. The zero-order valence-electron chi connectivity index (χ0n) is 18.9. The molecular weight excluding hydrogens is 458 g/mol. The molecule has 9 heteroatoms. The number of benzene rings is 2. The topological polar surface area (TPSA) is 102 Å². The maximum atomic E-state index is 12.9. The van der Waals surface area contributed by atoms with Crippen molar-refractivity contribution in [3.63, 3.8) is 0 Å². The van der Waals surface area contributed by atoms with Crippen LogP contribution in [0.25, 0.3) is 0 Å². The highest BCUT2D eigenvalue weighted by molar-refractivity contribution is 6.30. The number of nitrogens with zero attached hydrogens (tertiary/aromatic N) is 2. The van der Waals surface area contributed by atoms with Gasteiger partial charge in [-0.1, -0.05) is 35.9 Å². The van der Waals surface area contributed by atoms with Crippen LogP contribution in [0.1, 0.15) is 30.0 Å². The fraction of sp³-hybridized carbons (Fsp3) is 0.440. The van der Waals surface area contributed by atoms with E-state index in [0.717, 1.165) is 42.7 Å². The van der Waals surface area contributed by atoms with Crippen LogP contribution in [-0.2, 0) is 20.9 Å². The van der Waals surface area contributed by atoms with Crippen molar-refractivity contribution < 1.29 is 24.5 Å². The van der Waals surface area contributed by atoms with Gasteiger partial charge in [-0.15, -0.1) is 0 Å². The molecule has 2 saturated heterocycles. The second kappa shape index (κ2) is 11.2. The molecule has 8 nitrogen and oxygen atoms in total. The van der Waals surface area contributed by atoms with Crippen LogP contribution in [0.2, 0.25) is 5.02 Å². The van der Waals surface area contributed by atoms with Gasteiger partial charge in [0.25, 0.3) is 11.8 Å². The molecule has 2 amide bonds. The number of ether oxygens (including phenoxy) is 1. The standard InChI is InChI=1S/C25H30ClN3O5/c26-19-4-1-3-18(15-19)21-5-2-10-29(21)25(33)23(31)22(30)24(32)27-16-17-6-8-20(9-7-17)28-11-13-34-14-12-28/h1,3-4,6-9,15,21-23,30-31H,2,5,10-14,16H2,(H,27,32)/t21?,22-,23-/m1/s1. The van der Waals surface area contributed by atoms with Gasteiger partial charge < -0.3 is 30.1 Å². The van der Waals surface area contributed by atoms with E-state index in [1.165, 1.54) is 4.90 Å². The van der Waals surface area contributed by atoms with Gasteiger partial charge in [-0.25, -0.2) is 0 Å². The van der Waals surface area contributed by atoms with Crippen molar-refractivity contribution in [3.8, 4) is 0 Å². The summed E-state index contributed by atoms with van der Waals surface area (Å²) in [4.78, 5) is 29.1. The number of carbonyl (C=O) groups is 2. The van der Waals surface area contributed by atoms with Gasteiger partial charge in [-0.2, -0.15) is 0 Å². The minimum Gasteiger partial charge on any atom is -0.380 e. The van der Waals surface area contributed by atoms with Gasteiger partial charge in [0.1, 0.15) is 0 Å². The third-order valence-electron chi connectivity index (χ3n) is 6.37. The van der Waals surface area contributed by atoms with Crippen LogP contribution >= 0.6 is 11.6 Å². The average Bonchev–Trinajstić information content (AvgIpc) is 3.37. The Morgan fingerprint density at radius 3 is 2.50 bits per heavy atom. The van der Waals surface area contributed by atoms with Crippen LogP contribution < -0.4 is 10.2 Å². The Morgan fingerprint density at radius 2 is 1.79 bits per heavy atom. The predicted octanol–water partition coefficient (Wildman–Crippen LogP) is 1.88. The van der Waals surface area contributed by atoms with Crippen molar-refractivity contribution in [2.24, 2.45) is 0 Å². The summed E-state index contributed by atoms with van der Waals surface area (Å²) in [6, 6.07) is 14.7. The molecule has 0 spiro atoms. The Bertz CT molecular complexity index is 996. The van der Waals surface area contributed by atoms with Crippen molar-refractivity contribution >= 4 is 29.1 Å². The normalized spacial score (nSPS) is 20.1. The highest BCUT2D eigenvalue weighted by Gasteiger charge is 2.38. The fourth-order valence-corrected chi connectivity index (χ4v) is 4.68. The monoisotopic (exact) mass is 487 g/mol. The molecule has 2 aromatic carbocycles. The van der Waals surface area contributed by atoms with E-state index < -0.39 is 24.0 Å². The number of nitrogens with one attached hydrogen (secondary N) is 1. The lowest BCUT2D eigenvalue weighted by Crippen LogP contribution is -2.50. The third kappa shape index (κ3) is 5.70. The number of amides is 2. The largest absolute Gasteiger partial charge is 0.380 e. The first-order valence-corrected chi connectivity index (χ1v) is 11.9. The first-order chi connectivity index (χ1) is 16.4. The molecule has 0 saturated carbocycles. The number of aliphatic hydroxyl groups excluding tert-OH is 2. The van der Waals surface area contributed by atoms with Crippen LogP contribution in [0, 0.1) is 0 Å². The number of halogens is 1. The van der Waals surface area contributed by atoms with E-state index in [-0.39, 0.29) is 12.6 Å². The fourth-order valence-electron chi connectivity index (χ4n) is 4.48. The molecule has 0 bridgehead atoms. The number of anilines is 1. The van der Waals surface area contributed by atoms with Gasteiger partial charge in [0.2, 0.25) is 0 Å². The lowest BCUT2D eigenvalue weighted by atomic mass is 10.0. The zero-order valence-corrected chi connectivity index (χ0v) is 19.7. The molecular formula is C25H30ClN3O5. The van der Waals surface area contributed by atoms with E-state index in [1.54, 1.807) is 12.1 Å². The number of hydrogen-bond acceptors (Lipinski definition) is 6. The Kier molecular flexibility index (Phi) is 8.05. The Morgan fingerprint density at radius 1 is 1.06 bits per heavy atom. The highest BCUT2D eigenvalue weighted by atomic mass is 35.5. The summed E-state index contributed by atoms with van der Waals surface area (Å²) in [5, 5.41) is 24.0. The lowest BCUT2D eigenvalue weighted by Gasteiger charge is -2.29. The summed E-state index contributed by atoms with van der Waals surface area (Å²) in [6.45, 7) is 3.70. The second-order valence-electron chi connectivity index (χ2n) is 8.62. The second-order valence-corrected chi connectivity index (χ2v) is 9.05. The maximum absolute atomic E-state index is 12.9. The van der Waals surface area contributed by atoms with E-state index in [0.29, 0.717) is 24.8 Å². The van der Waals surface area contributed by atoms with Gasteiger partial charge in [-0.05, 0) is 48.2 Å². The van der Waals surface area contributed by atoms with E-state index in [2.05, 4.69) is 10.2 Å². The van der Waals surface area contributed by atoms with Gasteiger partial charge in [0.15, 0.2) is 12.2 Å². The Hall–Kier alpha value is -2.65. The van der Waals surface area contributed by atoms with Crippen molar-refractivity contribution in [1.29, 1.82) is 0 Å². The first-order valence-electron chi connectivity index (χ1n) is 11.6. The zero-order chi connectivity index (χ0) is 24.1. The predicted molar refractivity (Wildman–Crippen MR) is 128 cm³/mol. The van der Waals surface area contributed by atoms with Crippen LogP contribution in [0.4, 0.5) is 5.69 Å². The molecule has 2 aliphatic heterocycles. The summed E-state index contributed by atoms with van der Waals surface area (Å²) >= 11 is 6.09. The SMILES string of the molecule is O=C(NCc1ccc(N2CCOCC2)cc1)[C@H](O)[C@@H](O)C(=O)N1CCCC1c1cccc(Cl)c1. The Balaban J connectivity index is 1.31. The van der Waals surface area contributed by atoms with Gasteiger partial charge >= 0.3 is 0 Å². The summed E-state index contributed by atoms with van der Waals surface area (Å²) in [7, 11) is 0. The molecule has 3 N–H and O–H groups in total. The molecule has 2 heterocycles. The number of carbonyl (C=O) groups excluding carboxylic acids is 2. The van der Waals surface area contributed by atoms with Crippen molar-refractivity contribution in [3.05, 3.63) is 64.7 Å². The number of rotatable bonds is 7. The maximum Gasteiger partial charge on any atom is 0.255 e. The van der Waals surface area contributed by atoms with Crippen molar-refractivity contribution in [2.75, 3.05) is 37.7 Å². The van der Waals surface area contributed by atoms with Crippen LogP contribution in [-0.4, -0.2) is 72.0 Å². The van der Waals surface area contributed by atoms with Gasteiger partial charge in [0, 0.05) is 36.9 Å². The molecule has 0 radical (unpaired) electrons. The average molecular weight is 488 g/mol. The summed E-state index contributed by atoms with van der Waals surface area (Å²) < 4.78 is 5.37. The summed E-state index contributed by atoms with van der Waals surface area (Å²) in [6.07, 6.45) is -2.22. The smallest absolute Gasteiger partial charge is 0.255 e. The van der Waals surface area contributed by atoms with Crippen LogP contribution in [0.3, 0.4) is 0 Å². The first kappa shape index (κ1) is 24.5. The van der Waals surface area contributed by atoms with Crippen molar-refractivity contribution in [2.45, 2.75) is 37.6 Å². The van der Waals surface area contributed by atoms with Gasteiger partial charge in [0.05, 0.1) is 19.3 Å². The minimum absolute atomic E-state index is 0.176. The quantitative estimate of drug-likeness (QED) is 0.551. The van der Waals surface area contributed by atoms with E-state index in [1.807, 2.05) is 36.4 Å². The van der Waals surface area contributed by atoms with E-state index in [9.17, 15) is 19.8 Å². The molecule has 4 rings (SSSR count).